The third kappa shape index (κ3) is 2.34. The maximum Gasteiger partial charge on any atom is 0.0674 e. The van der Waals surface area contributed by atoms with Gasteiger partial charge in [0.05, 0.1) is 11.4 Å². The number of benzene rings is 2. The Morgan fingerprint density at radius 1 is 0.444 bits per heavy atom. The van der Waals surface area contributed by atoms with Gasteiger partial charge in [0.1, 0.15) is 0 Å². The third-order valence-electron chi connectivity index (χ3n) is 10.3. The van der Waals surface area contributed by atoms with Crippen LogP contribution in [0.2, 0.25) is 0 Å². The van der Waals surface area contributed by atoms with Crippen LogP contribution in [-0.2, 0) is 10.8 Å². The summed E-state index contributed by atoms with van der Waals surface area (Å²) in [6.07, 6.45) is 9.18. The van der Waals surface area contributed by atoms with Gasteiger partial charge in [0.2, 0.25) is 0 Å². The first kappa shape index (κ1) is 20.7. The Hall–Kier alpha value is -3.52. The largest absolute Gasteiger partial charge is 0.257 e. The minimum atomic E-state index is -0.00910. The molecule has 4 unspecified atom stereocenters. The van der Waals surface area contributed by atoms with E-state index in [9.17, 15) is 0 Å². The second-order valence-electron chi connectivity index (χ2n) is 11.2. The normalized spacial score (nSPS) is 33.8. The van der Waals surface area contributed by atoms with E-state index in [1.165, 1.54) is 48.0 Å². The molecule has 6 bridgehead atoms. The highest BCUT2D eigenvalue weighted by Gasteiger charge is 2.76. The number of pyridine rings is 2. The summed E-state index contributed by atoms with van der Waals surface area (Å²) < 4.78 is 0. The molecule has 9 rings (SSSR count). The molecule has 36 heavy (non-hydrogen) atoms. The summed E-state index contributed by atoms with van der Waals surface area (Å²) >= 11 is 0. The number of nitrogens with zero attached hydrogens (tertiary/aromatic N) is 2. The van der Waals surface area contributed by atoms with E-state index >= 15 is 0 Å². The van der Waals surface area contributed by atoms with E-state index in [-0.39, 0.29) is 10.8 Å². The molecule has 4 aromatic rings. The Kier molecular flexibility index (Phi) is 4.30. The van der Waals surface area contributed by atoms with Crippen LogP contribution in [0.15, 0.2) is 109 Å². The van der Waals surface area contributed by atoms with Crippen molar-refractivity contribution in [3.8, 4) is 0 Å². The molecule has 4 atom stereocenters. The Bertz CT molecular complexity index is 1310. The Morgan fingerprint density at radius 2 is 0.806 bits per heavy atom. The molecule has 3 saturated carbocycles. The molecule has 2 aromatic carbocycles. The van der Waals surface area contributed by atoms with Crippen LogP contribution in [0.4, 0.5) is 0 Å². The van der Waals surface area contributed by atoms with Crippen molar-refractivity contribution in [3.63, 3.8) is 0 Å². The maximum atomic E-state index is 5.07. The number of allylic oxidation sites excluding steroid dienone is 2. The molecule has 5 aliphatic carbocycles. The summed E-state index contributed by atoms with van der Waals surface area (Å²) in [6.45, 7) is 0. The molecule has 5 aliphatic rings. The smallest absolute Gasteiger partial charge is 0.0674 e. The van der Waals surface area contributed by atoms with Gasteiger partial charge in [0.15, 0.2) is 0 Å². The lowest BCUT2D eigenvalue weighted by molar-refractivity contribution is 0.0690. The van der Waals surface area contributed by atoms with Crippen LogP contribution in [0, 0.1) is 23.7 Å². The Morgan fingerprint density at radius 3 is 1.14 bits per heavy atom. The van der Waals surface area contributed by atoms with Gasteiger partial charge >= 0.3 is 0 Å². The minimum absolute atomic E-state index is 0.00910. The zero-order chi connectivity index (χ0) is 23.7. The monoisotopic (exact) mass is 466 g/mol. The highest BCUT2D eigenvalue weighted by atomic mass is 14.8. The van der Waals surface area contributed by atoms with E-state index in [1.807, 2.05) is 24.5 Å². The maximum absolute atomic E-state index is 5.07. The molecule has 3 fully saturated rings. The zero-order valence-electron chi connectivity index (χ0n) is 20.4. The molecule has 2 nitrogen and oxygen atoms in total. The van der Waals surface area contributed by atoms with E-state index in [1.54, 1.807) is 0 Å². The fourth-order valence-electron chi connectivity index (χ4n) is 9.68. The third-order valence-corrected chi connectivity index (χ3v) is 10.3. The van der Waals surface area contributed by atoms with Gasteiger partial charge in [0, 0.05) is 23.2 Å². The molecule has 0 radical (unpaired) electrons. The van der Waals surface area contributed by atoms with Crippen LogP contribution in [0.25, 0.3) is 11.1 Å². The van der Waals surface area contributed by atoms with Crippen molar-refractivity contribution < 1.29 is 0 Å². The quantitative estimate of drug-likeness (QED) is 0.314. The summed E-state index contributed by atoms with van der Waals surface area (Å²) in [5.41, 5.74) is 8.15. The van der Waals surface area contributed by atoms with Gasteiger partial charge in [-0.3, -0.25) is 9.97 Å². The van der Waals surface area contributed by atoms with Crippen molar-refractivity contribution in [3.05, 3.63) is 132 Å². The average Bonchev–Trinajstić information content (AvgIpc) is 3.47. The number of aromatic nitrogens is 2. The van der Waals surface area contributed by atoms with Crippen LogP contribution in [0.3, 0.4) is 0 Å². The molecule has 2 heterocycles. The Balaban J connectivity index is 1.59. The first-order chi connectivity index (χ1) is 17.9. The summed E-state index contributed by atoms with van der Waals surface area (Å²) in [5.74, 6) is 2.48. The lowest BCUT2D eigenvalue weighted by Gasteiger charge is -2.64. The number of hydrogen-bond donors (Lipinski definition) is 0. The lowest BCUT2D eigenvalue weighted by Crippen LogP contribution is -2.61. The SMILES string of the molecule is c1ccc(C23C(c4ccccn4)=C(c4ccccn4)C4(c5ccccc5)C5CCC4C2CCC53)cc1. The zero-order valence-corrected chi connectivity index (χ0v) is 20.4. The molecule has 0 saturated heterocycles. The topological polar surface area (TPSA) is 25.8 Å². The highest BCUT2D eigenvalue weighted by molar-refractivity contribution is 6.02. The van der Waals surface area contributed by atoms with E-state index in [0.29, 0.717) is 23.7 Å². The van der Waals surface area contributed by atoms with Gasteiger partial charge in [-0.1, -0.05) is 72.8 Å². The van der Waals surface area contributed by atoms with Crippen LogP contribution in [0.5, 0.6) is 0 Å². The van der Waals surface area contributed by atoms with Gasteiger partial charge in [-0.25, -0.2) is 0 Å². The molecule has 0 spiro atoms. The van der Waals surface area contributed by atoms with Crippen LogP contribution >= 0.6 is 0 Å². The number of rotatable bonds is 4. The average molecular weight is 467 g/mol. The molecule has 2 heteroatoms. The summed E-state index contributed by atoms with van der Waals surface area (Å²) in [7, 11) is 0. The van der Waals surface area contributed by atoms with E-state index in [2.05, 4.69) is 84.9 Å². The van der Waals surface area contributed by atoms with Crippen molar-refractivity contribution in [2.45, 2.75) is 36.5 Å². The van der Waals surface area contributed by atoms with Crippen molar-refractivity contribution in [1.82, 2.24) is 9.97 Å². The van der Waals surface area contributed by atoms with E-state index in [0.717, 1.165) is 11.4 Å². The molecule has 0 amide bonds. The molecule has 2 aromatic heterocycles. The minimum Gasteiger partial charge on any atom is -0.257 e. The van der Waals surface area contributed by atoms with Crippen molar-refractivity contribution in [1.29, 1.82) is 0 Å². The van der Waals surface area contributed by atoms with Crippen molar-refractivity contribution in [2.75, 3.05) is 0 Å². The second-order valence-corrected chi connectivity index (χ2v) is 11.2. The first-order valence-corrected chi connectivity index (χ1v) is 13.6. The lowest BCUT2D eigenvalue weighted by atomic mass is 9.38. The molecule has 0 aliphatic heterocycles. The van der Waals surface area contributed by atoms with E-state index < -0.39 is 0 Å². The highest BCUT2D eigenvalue weighted by Crippen LogP contribution is 2.81. The first-order valence-electron chi connectivity index (χ1n) is 13.6. The molecular formula is C34H30N2. The van der Waals surface area contributed by atoms with E-state index in [4.69, 9.17) is 9.97 Å². The van der Waals surface area contributed by atoms with Gasteiger partial charge in [0.25, 0.3) is 0 Å². The van der Waals surface area contributed by atoms with Crippen molar-refractivity contribution in [2.24, 2.45) is 23.7 Å². The van der Waals surface area contributed by atoms with Gasteiger partial charge in [-0.2, -0.15) is 0 Å². The van der Waals surface area contributed by atoms with Gasteiger partial charge in [-0.15, -0.1) is 0 Å². The van der Waals surface area contributed by atoms with Crippen LogP contribution < -0.4 is 0 Å². The predicted octanol–water partition coefficient (Wildman–Crippen LogP) is 7.34. The van der Waals surface area contributed by atoms with Crippen LogP contribution in [-0.4, -0.2) is 9.97 Å². The summed E-state index contributed by atoms with van der Waals surface area (Å²) in [6, 6.07) is 35.9. The van der Waals surface area contributed by atoms with Crippen molar-refractivity contribution >= 4 is 11.1 Å². The van der Waals surface area contributed by atoms with Gasteiger partial charge in [-0.05, 0) is 95.9 Å². The Labute approximate surface area is 213 Å². The molecular weight excluding hydrogens is 436 g/mol. The molecule has 0 N–H and O–H groups in total. The standard InChI is InChI=1S/C34H30N2/c1-3-11-23(12-4-1)33-25-17-18-26(33)28-20-19-27(25)34(28,24-13-5-2-6-14-24)32(30-16-8-10-22-36-30)31(33)29-15-7-9-21-35-29/h1-16,21-22,25-28H,17-20H2. The molecule has 176 valence electrons. The fourth-order valence-corrected chi connectivity index (χ4v) is 9.68. The fraction of sp³-hybridized carbons (Fsp3) is 0.294. The summed E-state index contributed by atoms with van der Waals surface area (Å²) in [4.78, 5) is 10.1. The second kappa shape index (κ2) is 7.49. The number of hydrogen-bond acceptors (Lipinski definition) is 2. The van der Waals surface area contributed by atoms with Gasteiger partial charge < -0.3 is 0 Å². The van der Waals surface area contributed by atoms with Crippen LogP contribution in [0.1, 0.15) is 48.2 Å². The predicted molar refractivity (Wildman–Crippen MR) is 144 cm³/mol. The summed E-state index contributed by atoms with van der Waals surface area (Å²) in [5, 5.41) is 0.